The third kappa shape index (κ3) is 4.56. The molecule has 2 heterocycles. The van der Waals surface area contributed by atoms with Crippen molar-refractivity contribution in [2.45, 2.75) is 39.8 Å². The number of hydrogen-bond acceptors (Lipinski definition) is 6. The van der Waals surface area contributed by atoms with Crippen LogP contribution < -0.4 is 16.4 Å². The average molecular weight is 432 g/mol. The third-order valence-electron chi connectivity index (χ3n) is 5.07. The highest BCUT2D eigenvalue weighted by atomic mass is 16.2. The molecule has 2 aromatic heterocycles. The molecule has 0 saturated carbocycles. The van der Waals surface area contributed by atoms with Crippen LogP contribution in [0.15, 0.2) is 58.4 Å². The summed E-state index contributed by atoms with van der Waals surface area (Å²) >= 11 is 0. The van der Waals surface area contributed by atoms with Crippen molar-refractivity contribution in [1.29, 1.82) is 0 Å². The molecule has 9 nitrogen and oxygen atoms in total. The summed E-state index contributed by atoms with van der Waals surface area (Å²) in [6, 6.07) is 12.1. The van der Waals surface area contributed by atoms with Crippen molar-refractivity contribution in [1.82, 2.24) is 24.5 Å². The predicted octanol–water partition coefficient (Wildman–Crippen LogP) is 2.58. The number of amides is 1. The maximum atomic E-state index is 12.7. The van der Waals surface area contributed by atoms with Crippen LogP contribution in [-0.2, 0) is 17.9 Å². The molecule has 0 unspecified atom stereocenters. The van der Waals surface area contributed by atoms with Crippen LogP contribution in [0.2, 0.25) is 0 Å². The minimum atomic E-state index is -0.226. The fraction of sp³-hybridized carbons (Fsp3) is 0.304. The lowest BCUT2D eigenvalue weighted by Crippen LogP contribution is -2.25. The van der Waals surface area contributed by atoms with Gasteiger partial charge in [-0.2, -0.15) is 0 Å². The Kier molecular flexibility index (Phi) is 6.07. The fourth-order valence-corrected chi connectivity index (χ4v) is 3.54. The van der Waals surface area contributed by atoms with Gasteiger partial charge in [-0.15, -0.1) is 5.10 Å². The number of rotatable bonds is 7. The highest BCUT2D eigenvalue weighted by Crippen LogP contribution is 2.15. The van der Waals surface area contributed by atoms with Gasteiger partial charge in [-0.3, -0.25) is 19.0 Å². The summed E-state index contributed by atoms with van der Waals surface area (Å²) in [5, 5.41) is 11.8. The Labute approximate surface area is 183 Å². The molecule has 9 heteroatoms. The largest absolute Gasteiger partial charge is 0.326 e. The number of fused-ring (bicyclic) bond motifs is 2. The minimum Gasteiger partial charge on any atom is -0.326 e. The van der Waals surface area contributed by atoms with Crippen LogP contribution >= 0.6 is 0 Å². The number of carbonyl (C=O) groups excluding carboxylic acids is 1. The molecule has 0 aliphatic rings. The van der Waals surface area contributed by atoms with Gasteiger partial charge in [0, 0.05) is 25.2 Å². The quantitative estimate of drug-likeness (QED) is 0.480. The molecule has 0 spiro atoms. The molecule has 1 amide bonds. The third-order valence-corrected chi connectivity index (χ3v) is 5.07. The first-order chi connectivity index (χ1) is 15.4. The second kappa shape index (κ2) is 9.09. The van der Waals surface area contributed by atoms with Crippen molar-refractivity contribution in [2.24, 2.45) is 5.92 Å². The van der Waals surface area contributed by atoms with E-state index in [1.54, 1.807) is 53.4 Å². The van der Waals surface area contributed by atoms with Crippen molar-refractivity contribution in [3.05, 3.63) is 69.5 Å². The van der Waals surface area contributed by atoms with E-state index in [0.29, 0.717) is 46.4 Å². The molecule has 2 aromatic carbocycles. The predicted molar refractivity (Wildman–Crippen MR) is 123 cm³/mol. The zero-order valence-electron chi connectivity index (χ0n) is 18.0. The SMILES string of the molecule is CC(C)Cn1cnc2ccc(NC(=O)CCCn3nnc4ccccc4c3=O)cc2c1=O. The molecule has 0 fully saturated rings. The first-order valence-electron chi connectivity index (χ1n) is 10.5. The number of hydrogen-bond donors (Lipinski definition) is 1. The van der Waals surface area contributed by atoms with Crippen molar-refractivity contribution < 1.29 is 4.79 Å². The van der Waals surface area contributed by atoms with Gasteiger partial charge in [0.1, 0.15) is 5.52 Å². The summed E-state index contributed by atoms with van der Waals surface area (Å²) in [5.41, 5.74) is 1.31. The Balaban J connectivity index is 1.42. The summed E-state index contributed by atoms with van der Waals surface area (Å²) in [4.78, 5) is 41.9. The lowest BCUT2D eigenvalue weighted by atomic mass is 10.2. The van der Waals surface area contributed by atoms with E-state index >= 15 is 0 Å². The van der Waals surface area contributed by atoms with Crippen molar-refractivity contribution in [3.63, 3.8) is 0 Å². The van der Waals surface area contributed by atoms with Crippen LogP contribution in [0.3, 0.4) is 0 Å². The minimum absolute atomic E-state index is 0.131. The van der Waals surface area contributed by atoms with E-state index in [1.807, 2.05) is 13.8 Å². The van der Waals surface area contributed by atoms with E-state index in [4.69, 9.17) is 0 Å². The van der Waals surface area contributed by atoms with Crippen LogP contribution in [0, 0.1) is 5.92 Å². The molecule has 0 atom stereocenters. The molecule has 0 radical (unpaired) electrons. The van der Waals surface area contributed by atoms with Crippen molar-refractivity contribution in [3.8, 4) is 0 Å². The van der Waals surface area contributed by atoms with E-state index in [1.165, 1.54) is 4.68 Å². The summed E-state index contributed by atoms with van der Waals surface area (Å²) < 4.78 is 2.86. The number of aryl methyl sites for hydroxylation is 1. The van der Waals surface area contributed by atoms with Crippen molar-refractivity contribution in [2.75, 3.05) is 5.32 Å². The molecule has 0 aliphatic carbocycles. The molecule has 0 bridgehead atoms. The molecule has 1 N–H and O–H groups in total. The Morgan fingerprint density at radius 3 is 2.66 bits per heavy atom. The van der Waals surface area contributed by atoms with Gasteiger partial charge in [-0.05, 0) is 42.7 Å². The molecule has 4 aromatic rings. The molecule has 4 rings (SSSR count). The van der Waals surface area contributed by atoms with Crippen LogP contribution in [0.5, 0.6) is 0 Å². The van der Waals surface area contributed by atoms with Gasteiger partial charge in [0.2, 0.25) is 5.91 Å². The van der Waals surface area contributed by atoms with Gasteiger partial charge in [0.25, 0.3) is 11.1 Å². The molecule has 0 saturated heterocycles. The number of carbonyl (C=O) groups is 1. The smallest absolute Gasteiger partial charge is 0.277 e. The lowest BCUT2D eigenvalue weighted by Gasteiger charge is -2.10. The number of benzene rings is 2. The Morgan fingerprint density at radius 2 is 1.84 bits per heavy atom. The average Bonchev–Trinajstić information content (AvgIpc) is 2.77. The molecule has 32 heavy (non-hydrogen) atoms. The first kappa shape index (κ1) is 21.4. The highest BCUT2D eigenvalue weighted by molar-refractivity contribution is 5.93. The number of nitrogens with zero attached hydrogens (tertiary/aromatic N) is 5. The second-order valence-corrected chi connectivity index (χ2v) is 8.11. The number of anilines is 1. The van der Waals surface area contributed by atoms with Gasteiger partial charge in [-0.1, -0.05) is 31.2 Å². The molecular formula is C23H24N6O3. The Morgan fingerprint density at radius 1 is 1.03 bits per heavy atom. The van der Waals surface area contributed by atoms with Crippen LogP contribution in [0.4, 0.5) is 5.69 Å². The summed E-state index contributed by atoms with van der Waals surface area (Å²) in [5.74, 6) is 0.104. The van der Waals surface area contributed by atoms with E-state index < -0.39 is 0 Å². The number of aromatic nitrogens is 5. The lowest BCUT2D eigenvalue weighted by molar-refractivity contribution is -0.116. The van der Waals surface area contributed by atoms with E-state index in [2.05, 4.69) is 20.6 Å². The Hall–Kier alpha value is -3.88. The fourth-order valence-electron chi connectivity index (χ4n) is 3.54. The molecule has 164 valence electrons. The number of nitrogens with one attached hydrogen (secondary N) is 1. The van der Waals surface area contributed by atoms with Gasteiger partial charge < -0.3 is 5.32 Å². The zero-order chi connectivity index (χ0) is 22.7. The highest BCUT2D eigenvalue weighted by Gasteiger charge is 2.10. The summed E-state index contributed by atoms with van der Waals surface area (Å²) in [6.45, 7) is 4.93. The monoisotopic (exact) mass is 432 g/mol. The zero-order valence-corrected chi connectivity index (χ0v) is 18.0. The van der Waals surface area contributed by atoms with E-state index in [9.17, 15) is 14.4 Å². The van der Waals surface area contributed by atoms with Gasteiger partial charge in [-0.25, -0.2) is 9.67 Å². The summed E-state index contributed by atoms with van der Waals surface area (Å²) in [6.07, 6.45) is 2.18. The molecule has 0 aliphatic heterocycles. The van der Waals surface area contributed by atoms with Gasteiger partial charge in [0.15, 0.2) is 0 Å². The van der Waals surface area contributed by atoms with Crippen LogP contribution in [0.25, 0.3) is 21.8 Å². The standard InChI is InChI=1S/C23H24N6O3/c1-15(2)13-28-14-24-19-10-9-16(12-18(19)22(28)31)25-21(30)8-5-11-29-23(32)17-6-3-4-7-20(17)26-27-29/h3-4,6-7,9-10,12,14-15H,5,8,11,13H2,1-2H3,(H,25,30). The van der Waals surface area contributed by atoms with Gasteiger partial charge >= 0.3 is 0 Å². The maximum Gasteiger partial charge on any atom is 0.277 e. The van der Waals surface area contributed by atoms with Crippen LogP contribution in [-0.4, -0.2) is 30.5 Å². The second-order valence-electron chi connectivity index (χ2n) is 8.11. The van der Waals surface area contributed by atoms with E-state index in [0.717, 1.165) is 0 Å². The first-order valence-corrected chi connectivity index (χ1v) is 10.5. The topological polar surface area (TPSA) is 112 Å². The van der Waals surface area contributed by atoms with E-state index in [-0.39, 0.29) is 30.0 Å². The summed E-state index contributed by atoms with van der Waals surface area (Å²) in [7, 11) is 0. The normalized spacial score (nSPS) is 11.3. The van der Waals surface area contributed by atoms with Crippen LogP contribution in [0.1, 0.15) is 26.7 Å². The molecular weight excluding hydrogens is 408 g/mol. The van der Waals surface area contributed by atoms with Crippen molar-refractivity contribution >= 4 is 33.4 Å². The van der Waals surface area contributed by atoms with Gasteiger partial charge in [0.05, 0.1) is 22.6 Å². The maximum absolute atomic E-state index is 12.7. The Bertz CT molecular complexity index is 1410.